The SMILES string of the molecule is CCN(Cc1cc(Br)ccc1F)C(=O)c1sc(-c2c(C)c(C)nn(C)c2=O)nc1C. The number of hydrogen-bond acceptors (Lipinski definition) is 5. The van der Waals surface area contributed by atoms with E-state index in [4.69, 9.17) is 0 Å². The highest BCUT2D eigenvalue weighted by Crippen LogP contribution is 2.30. The lowest BCUT2D eigenvalue weighted by Crippen LogP contribution is -2.30. The highest BCUT2D eigenvalue weighted by molar-refractivity contribution is 9.10. The fraction of sp³-hybridized carbons (Fsp3) is 0.333. The molecule has 0 spiro atoms. The fourth-order valence-corrected chi connectivity index (χ4v) is 4.68. The second kappa shape index (κ2) is 8.77. The normalized spacial score (nSPS) is 11.0. The third-order valence-electron chi connectivity index (χ3n) is 4.97. The van der Waals surface area contributed by atoms with Crippen molar-refractivity contribution in [1.29, 1.82) is 0 Å². The highest BCUT2D eigenvalue weighted by Gasteiger charge is 2.24. The molecule has 3 rings (SSSR count). The van der Waals surface area contributed by atoms with E-state index < -0.39 is 0 Å². The molecule has 1 aromatic carbocycles. The van der Waals surface area contributed by atoms with Crippen LogP contribution in [-0.4, -0.2) is 32.1 Å². The summed E-state index contributed by atoms with van der Waals surface area (Å²) < 4.78 is 16.2. The van der Waals surface area contributed by atoms with Crippen LogP contribution < -0.4 is 5.56 Å². The van der Waals surface area contributed by atoms with Gasteiger partial charge in [-0.2, -0.15) is 5.10 Å². The van der Waals surface area contributed by atoms with Crippen molar-refractivity contribution in [3.8, 4) is 10.6 Å². The Morgan fingerprint density at radius 3 is 2.63 bits per heavy atom. The summed E-state index contributed by atoms with van der Waals surface area (Å²) in [5.74, 6) is -0.601. The standard InChI is InChI=1S/C21H22BrFN4O2S/c1-6-27(10-14-9-15(22)7-8-16(14)23)21(29)18-13(4)24-19(30-18)17-11(2)12(3)25-26(5)20(17)28/h7-9H,6,10H2,1-5H3. The smallest absolute Gasteiger partial charge is 0.277 e. The summed E-state index contributed by atoms with van der Waals surface area (Å²) in [6.07, 6.45) is 0. The van der Waals surface area contributed by atoms with Crippen molar-refractivity contribution in [2.24, 2.45) is 7.05 Å². The lowest BCUT2D eigenvalue weighted by atomic mass is 10.1. The van der Waals surface area contributed by atoms with Gasteiger partial charge in [-0.25, -0.2) is 14.1 Å². The molecular weight excluding hydrogens is 471 g/mol. The summed E-state index contributed by atoms with van der Waals surface area (Å²) in [7, 11) is 1.59. The van der Waals surface area contributed by atoms with Gasteiger partial charge in [-0.15, -0.1) is 11.3 Å². The average Bonchev–Trinajstić information content (AvgIpc) is 3.08. The number of rotatable bonds is 5. The van der Waals surface area contributed by atoms with Gasteiger partial charge in [0.15, 0.2) is 0 Å². The van der Waals surface area contributed by atoms with Crippen molar-refractivity contribution < 1.29 is 9.18 Å². The number of carbonyl (C=O) groups is 1. The van der Waals surface area contributed by atoms with Crippen LogP contribution >= 0.6 is 27.3 Å². The van der Waals surface area contributed by atoms with Crippen LogP contribution in [0.5, 0.6) is 0 Å². The number of aromatic nitrogens is 3. The second-order valence-electron chi connectivity index (χ2n) is 7.00. The van der Waals surface area contributed by atoms with Crippen LogP contribution in [0.1, 0.15) is 39.1 Å². The van der Waals surface area contributed by atoms with Crippen LogP contribution in [0.15, 0.2) is 27.5 Å². The first kappa shape index (κ1) is 22.3. The monoisotopic (exact) mass is 492 g/mol. The van der Waals surface area contributed by atoms with Crippen molar-refractivity contribution in [2.45, 2.75) is 34.2 Å². The lowest BCUT2D eigenvalue weighted by Gasteiger charge is -2.21. The van der Waals surface area contributed by atoms with Gasteiger partial charge in [-0.05, 0) is 51.5 Å². The molecule has 0 saturated heterocycles. The molecule has 2 heterocycles. The Morgan fingerprint density at radius 2 is 1.97 bits per heavy atom. The quantitative estimate of drug-likeness (QED) is 0.529. The maximum absolute atomic E-state index is 14.2. The van der Waals surface area contributed by atoms with E-state index in [1.54, 1.807) is 31.0 Å². The fourth-order valence-electron chi connectivity index (χ4n) is 3.14. The van der Waals surface area contributed by atoms with Crippen LogP contribution in [0, 0.1) is 26.6 Å². The Bertz CT molecular complexity index is 1190. The number of nitrogens with zero attached hydrogens (tertiary/aromatic N) is 4. The lowest BCUT2D eigenvalue weighted by molar-refractivity contribution is 0.0755. The van der Waals surface area contributed by atoms with Crippen molar-refractivity contribution in [1.82, 2.24) is 19.7 Å². The predicted octanol–water partition coefficient (Wildman–Crippen LogP) is 4.39. The molecule has 0 aliphatic carbocycles. The third-order valence-corrected chi connectivity index (χ3v) is 6.62. The number of carbonyl (C=O) groups excluding carboxylic acids is 1. The number of thiazole rings is 1. The molecule has 0 radical (unpaired) electrons. The Morgan fingerprint density at radius 1 is 1.27 bits per heavy atom. The summed E-state index contributed by atoms with van der Waals surface area (Å²) in [6, 6.07) is 4.66. The molecule has 2 aromatic heterocycles. The molecule has 1 amide bonds. The minimum atomic E-state index is -0.363. The van der Waals surface area contributed by atoms with Gasteiger partial charge in [-0.3, -0.25) is 9.59 Å². The minimum absolute atomic E-state index is 0.141. The van der Waals surface area contributed by atoms with Gasteiger partial charge in [0, 0.05) is 30.2 Å². The molecule has 0 bridgehead atoms. The van der Waals surface area contributed by atoms with Gasteiger partial charge in [-0.1, -0.05) is 15.9 Å². The number of benzene rings is 1. The molecule has 0 aliphatic rings. The van der Waals surface area contributed by atoms with Crippen LogP contribution in [0.2, 0.25) is 0 Å². The Hall–Kier alpha value is -2.39. The van der Waals surface area contributed by atoms with Crippen LogP contribution in [-0.2, 0) is 13.6 Å². The van der Waals surface area contributed by atoms with E-state index in [0.29, 0.717) is 33.3 Å². The summed E-state index contributed by atoms with van der Waals surface area (Å²) in [4.78, 5) is 32.4. The highest BCUT2D eigenvalue weighted by atomic mass is 79.9. The first-order valence-electron chi connectivity index (χ1n) is 9.39. The number of halogens is 2. The summed E-state index contributed by atoms with van der Waals surface area (Å²) in [5, 5.41) is 4.68. The average molecular weight is 493 g/mol. The van der Waals surface area contributed by atoms with Gasteiger partial charge >= 0.3 is 0 Å². The minimum Gasteiger partial charge on any atom is -0.334 e. The molecule has 6 nitrogen and oxygen atoms in total. The van der Waals surface area contributed by atoms with E-state index in [1.807, 2.05) is 20.8 Å². The van der Waals surface area contributed by atoms with E-state index in [9.17, 15) is 14.0 Å². The molecule has 0 atom stereocenters. The van der Waals surface area contributed by atoms with Gasteiger partial charge in [0.05, 0.1) is 17.0 Å². The summed E-state index contributed by atoms with van der Waals surface area (Å²) >= 11 is 4.52. The van der Waals surface area contributed by atoms with Crippen LogP contribution in [0.25, 0.3) is 10.6 Å². The first-order chi connectivity index (χ1) is 14.1. The largest absolute Gasteiger partial charge is 0.334 e. The first-order valence-corrected chi connectivity index (χ1v) is 11.0. The topological polar surface area (TPSA) is 68.1 Å². The Labute approximate surface area is 186 Å². The molecule has 30 heavy (non-hydrogen) atoms. The van der Waals surface area contributed by atoms with Gasteiger partial charge in [0.2, 0.25) is 0 Å². The Balaban J connectivity index is 1.99. The summed E-state index contributed by atoms with van der Waals surface area (Å²) in [5.41, 5.74) is 2.65. The predicted molar refractivity (Wildman–Crippen MR) is 119 cm³/mol. The van der Waals surface area contributed by atoms with E-state index in [0.717, 1.165) is 15.7 Å². The molecule has 0 N–H and O–H groups in total. The van der Waals surface area contributed by atoms with E-state index in [-0.39, 0.29) is 23.8 Å². The van der Waals surface area contributed by atoms with E-state index in [1.165, 1.54) is 22.1 Å². The third kappa shape index (κ3) is 4.22. The number of aryl methyl sites for hydroxylation is 3. The van der Waals surface area contributed by atoms with Crippen LogP contribution in [0.4, 0.5) is 4.39 Å². The second-order valence-corrected chi connectivity index (χ2v) is 8.92. The van der Waals surface area contributed by atoms with Crippen molar-refractivity contribution in [2.75, 3.05) is 6.54 Å². The molecule has 158 valence electrons. The van der Waals surface area contributed by atoms with E-state index >= 15 is 0 Å². The molecule has 0 fully saturated rings. The van der Waals surface area contributed by atoms with E-state index in [2.05, 4.69) is 26.0 Å². The molecule has 0 unspecified atom stereocenters. The van der Waals surface area contributed by atoms with Crippen molar-refractivity contribution in [3.63, 3.8) is 0 Å². The molecule has 3 aromatic rings. The zero-order valence-corrected chi connectivity index (χ0v) is 19.8. The maximum Gasteiger partial charge on any atom is 0.277 e. The number of hydrogen-bond donors (Lipinski definition) is 0. The van der Waals surface area contributed by atoms with Gasteiger partial charge in [0.25, 0.3) is 11.5 Å². The summed E-state index contributed by atoms with van der Waals surface area (Å²) in [6.45, 7) is 7.79. The van der Waals surface area contributed by atoms with Crippen molar-refractivity contribution >= 4 is 33.2 Å². The number of amides is 1. The van der Waals surface area contributed by atoms with Crippen molar-refractivity contribution in [3.05, 3.63) is 66.2 Å². The van der Waals surface area contributed by atoms with Gasteiger partial charge in [0.1, 0.15) is 15.7 Å². The molecular formula is C21H22BrFN4O2S. The maximum atomic E-state index is 14.2. The zero-order chi connectivity index (χ0) is 22.2. The van der Waals surface area contributed by atoms with Crippen LogP contribution in [0.3, 0.4) is 0 Å². The van der Waals surface area contributed by atoms with Gasteiger partial charge < -0.3 is 4.90 Å². The molecule has 0 aliphatic heterocycles. The molecule has 9 heteroatoms. The molecule has 0 saturated carbocycles. The Kier molecular flexibility index (Phi) is 6.52. The zero-order valence-electron chi connectivity index (χ0n) is 17.4.